The molecule has 0 radical (unpaired) electrons. The number of nitrogens with one attached hydrogen (secondary N) is 1. The average Bonchev–Trinajstić information content (AvgIpc) is 3.05. The molecule has 4 aromatic rings. The van der Waals surface area contributed by atoms with Crippen LogP contribution in [-0.2, 0) is 32.6 Å². The Morgan fingerprint density at radius 1 is 0.809 bits per heavy atom. The zero-order valence-corrected chi connectivity index (χ0v) is 29.8. The van der Waals surface area contributed by atoms with Crippen molar-refractivity contribution in [2.24, 2.45) is 0 Å². The third kappa shape index (κ3) is 9.08. The molecule has 2 amide bonds. The number of halogens is 3. The molecule has 0 heterocycles. The number of anilines is 1. The van der Waals surface area contributed by atoms with E-state index in [2.05, 4.69) is 5.32 Å². The van der Waals surface area contributed by atoms with Crippen LogP contribution in [0.25, 0.3) is 0 Å². The number of carbonyl (C=O) groups is 2. The highest BCUT2D eigenvalue weighted by molar-refractivity contribution is 7.92. The molecule has 0 aliphatic heterocycles. The molecule has 0 spiro atoms. The maximum absolute atomic E-state index is 14.7. The van der Waals surface area contributed by atoms with Crippen molar-refractivity contribution in [3.05, 3.63) is 128 Å². The summed E-state index contributed by atoms with van der Waals surface area (Å²) in [5.41, 5.74) is 3.08. The highest BCUT2D eigenvalue weighted by Crippen LogP contribution is 2.32. The average molecular weight is 715 g/mol. The Bertz CT molecular complexity index is 1820. The molecule has 0 bridgehead atoms. The van der Waals surface area contributed by atoms with E-state index < -0.39 is 28.5 Å². The lowest BCUT2D eigenvalue weighted by molar-refractivity contribution is -0.140. The van der Waals surface area contributed by atoms with Crippen LogP contribution in [0.4, 0.5) is 5.69 Å². The Morgan fingerprint density at radius 2 is 1.49 bits per heavy atom. The molecular weight excluding hydrogens is 677 g/mol. The fraction of sp³-hybridized carbons (Fsp3) is 0.278. The number of rotatable bonds is 13. The fourth-order valence-corrected chi connectivity index (χ4v) is 7.01. The first kappa shape index (κ1) is 36.3. The van der Waals surface area contributed by atoms with Gasteiger partial charge in [0.2, 0.25) is 11.8 Å². The molecule has 7 nitrogen and oxygen atoms in total. The van der Waals surface area contributed by atoms with Crippen molar-refractivity contribution in [1.29, 1.82) is 0 Å². The van der Waals surface area contributed by atoms with Crippen molar-refractivity contribution in [2.75, 3.05) is 10.8 Å². The molecule has 0 saturated carbocycles. The van der Waals surface area contributed by atoms with Crippen LogP contribution in [0.5, 0.6) is 0 Å². The summed E-state index contributed by atoms with van der Waals surface area (Å²) in [6.45, 7) is 6.77. The first-order valence-electron chi connectivity index (χ1n) is 15.2. The van der Waals surface area contributed by atoms with Crippen LogP contribution in [0, 0.1) is 13.8 Å². The summed E-state index contributed by atoms with van der Waals surface area (Å²) < 4.78 is 29.6. The van der Waals surface area contributed by atoms with Crippen LogP contribution in [0.15, 0.2) is 95.9 Å². The molecule has 4 rings (SSSR count). The lowest BCUT2D eigenvalue weighted by Gasteiger charge is -2.34. The van der Waals surface area contributed by atoms with Crippen molar-refractivity contribution >= 4 is 62.3 Å². The molecule has 4 aromatic carbocycles. The topological polar surface area (TPSA) is 86.8 Å². The normalized spacial score (nSPS) is 12.7. The Morgan fingerprint density at radius 3 is 2.13 bits per heavy atom. The van der Waals surface area contributed by atoms with Gasteiger partial charge < -0.3 is 10.2 Å². The molecule has 0 aromatic heterocycles. The van der Waals surface area contributed by atoms with Crippen molar-refractivity contribution in [1.82, 2.24) is 10.2 Å². The third-order valence-corrected chi connectivity index (χ3v) is 10.9. The van der Waals surface area contributed by atoms with Gasteiger partial charge in [0.05, 0.1) is 20.6 Å². The van der Waals surface area contributed by atoms with Crippen molar-refractivity contribution < 1.29 is 18.0 Å². The van der Waals surface area contributed by atoms with Gasteiger partial charge in [-0.2, -0.15) is 0 Å². The van der Waals surface area contributed by atoms with E-state index in [1.807, 2.05) is 51.1 Å². The zero-order valence-electron chi connectivity index (χ0n) is 26.7. The quantitative estimate of drug-likeness (QED) is 0.152. The lowest BCUT2D eigenvalue weighted by atomic mass is 10.0. The van der Waals surface area contributed by atoms with Gasteiger partial charge in [-0.3, -0.25) is 13.9 Å². The number of amides is 2. The van der Waals surface area contributed by atoms with Gasteiger partial charge in [-0.1, -0.05) is 102 Å². The first-order valence-corrected chi connectivity index (χ1v) is 17.8. The smallest absolute Gasteiger partial charge is 0.264 e. The Balaban J connectivity index is 1.85. The number of aryl methyl sites for hydroxylation is 1. The van der Waals surface area contributed by atoms with E-state index in [4.69, 9.17) is 34.8 Å². The second-order valence-electron chi connectivity index (χ2n) is 11.5. The first-order chi connectivity index (χ1) is 22.3. The Hall–Kier alpha value is -3.56. The van der Waals surface area contributed by atoms with E-state index in [1.165, 1.54) is 17.0 Å². The molecule has 2 atom stereocenters. The number of sulfonamides is 1. The van der Waals surface area contributed by atoms with Gasteiger partial charge in [0.25, 0.3) is 10.0 Å². The largest absolute Gasteiger partial charge is 0.352 e. The van der Waals surface area contributed by atoms with Crippen LogP contribution in [0.1, 0.15) is 42.5 Å². The van der Waals surface area contributed by atoms with Gasteiger partial charge in [0.1, 0.15) is 12.6 Å². The summed E-state index contributed by atoms with van der Waals surface area (Å²) >= 11 is 19.0. The van der Waals surface area contributed by atoms with Gasteiger partial charge in [-0.15, -0.1) is 0 Å². The van der Waals surface area contributed by atoms with Gasteiger partial charge in [-0.05, 0) is 80.3 Å². The molecule has 0 unspecified atom stereocenters. The minimum Gasteiger partial charge on any atom is -0.352 e. The van der Waals surface area contributed by atoms with Gasteiger partial charge in [0.15, 0.2) is 0 Å². The summed E-state index contributed by atoms with van der Waals surface area (Å²) in [6, 6.07) is 24.5. The highest BCUT2D eigenvalue weighted by atomic mass is 35.5. The number of nitrogens with zero attached hydrogens (tertiary/aromatic N) is 2. The summed E-state index contributed by atoms with van der Waals surface area (Å²) in [5.74, 6) is -0.949. The van der Waals surface area contributed by atoms with Crippen molar-refractivity contribution in [3.63, 3.8) is 0 Å². The third-order valence-electron chi connectivity index (χ3n) is 8.00. The molecule has 0 fully saturated rings. The summed E-state index contributed by atoms with van der Waals surface area (Å²) in [4.78, 5) is 30.1. The molecule has 0 saturated heterocycles. The molecule has 248 valence electrons. The van der Waals surface area contributed by atoms with Crippen LogP contribution in [0.3, 0.4) is 0 Å². The monoisotopic (exact) mass is 713 g/mol. The summed E-state index contributed by atoms with van der Waals surface area (Å²) in [7, 11) is -4.26. The Labute approximate surface area is 292 Å². The SMILES string of the molecule is CC[C@H](C)NC(=O)[C@@H](Cc1ccccc1)N(Cc1ccc(Cl)c(Cl)c1)C(=O)CN(c1cccc(Cl)c1C)S(=O)(=O)c1ccc(C)cc1. The molecule has 11 heteroatoms. The maximum Gasteiger partial charge on any atom is 0.264 e. The zero-order chi connectivity index (χ0) is 34.3. The molecule has 0 aliphatic carbocycles. The van der Waals surface area contributed by atoms with E-state index in [0.29, 0.717) is 32.6 Å². The van der Waals surface area contributed by atoms with E-state index in [0.717, 1.165) is 15.4 Å². The van der Waals surface area contributed by atoms with Crippen LogP contribution in [0.2, 0.25) is 15.1 Å². The highest BCUT2D eigenvalue weighted by Gasteiger charge is 2.35. The second-order valence-corrected chi connectivity index (χ2v) is 14.6. The van der Waals surface area contributed by atoms with Crippen LogP contribution >= 0.6 is 34.8 Å². The van der Waals surface area contributed by atoms with E-state index in [1.54, 1.807) is 55.5 Å². The predicted octanol–water partition coefficient (Wildman–Crippen LogP) is 8.01. The van der Waals surface area contributed by atoms with Gasteiger partial charge >= 0.3 is 0 Å². The molecular formula is C36H38Cl3N3O4S. The lowest BCUT2D eigenvalue weighted by Crippen LogP contribution is -2.54. The maximum atomic E-state index is 14.7. The number of benzene rings is 4. The van der Waals surface area contributed by atoms with Crippen molar-refractivity contribution in [2.45, 2.75) is 64.1 Å². The molecule has 0 aliphatic rings. The summed E-state index contributed by atoms with van der Waals surface area (Å²) in [6.07, 6.45) is 0.873. The molecule has 1 N–H and O–H groups in total. The number of hydrogen-bond acceptors (Lipinski definition) is 4. The predicted molar refractivity (Wildman–Crippen MR) is 191 cm³/mol. The van der Waals surface area contributed by atoms with Gasteiger partial charge in [-0.25, -0.2) is 8.42 Å². The minimum atomic E-state index is -4.26. The van der Waals surface area contributed by atoms with Crippen molar-refractivity contribution in [3.8, 4) is 0 Å². The number of carbonyl (C=O) groups excluding carboxylic acids is 2. The minimum absolute atomic E-state index is 0.0154. The second kappa shape index (κ2) is 16.0. The van der Waals surface area contributed by atoms with Crippen LogP contribution < -0.4 is 9.62 Å². The van der Waals surface area contributed by atoms with E-state index in [-0.39, 0.29) is 35.5 Å². The Kier molecular flexibility index (Phi) is 12.4. The number of hydrogen-bond donors (Lipinski definition) is 1. The summed E-state index contributed by atoms with van der Waals surface area (Å²) in [5, 5.41) is 4.01. The fourth-order valence-electron chi connectivity index (χ4n) is 5.05. The van der Waals surface area contributed by atoms with E-state index in [9.17, 15) is 18.0 Å². The molecule has 47 heavy (non-hydrogen) atoms. The standard InChI is InChI=1S/C36H38Cl3N3O4S/c1-5-25(3)40-36(44)34(21-27-10-7-6-8-11-27)41(22-28-16-19-31(38)32(39)20-28)35(43)23-42(33-13-9-12-30(37)26(33)4)47(45,46)29-17-14-24(2)15-18-29/h6-20,25,34H,5,21-23H2,1-4H3,(H,40,44)/t25-,34+/m0/s1. The van der Waals surface area contributed by atoms with Gasteiger partial charge in [0, 0.05) is 24.0 Å². The van der Waals surface area contributed by atoms with E-state index >= 15 is 0 Å². The van der Waals surface area contributed by atoms with Crippen LogP contribution in [-0.4, -0.2) is 43.8 Å².